The zero-order valence-corrected chi connectivity index (χ0v) is 9.74. The van der Waals surface area contributed by atoms with Crippen molar-refractivity contribution in [3.63, 3.8) is 0 Å². The quantitative estimate of drug-likeness (QED) is 0.729. The van der Waals surface area contributed by atoms with E-state index in [1.54, 1.807) is 0 Å². The largest absolute Gasteiger partial charge is 0.465 e. The Morgan fingerprint density at radius 1 is 1.40 bits per heavy atom. The van der Waals surface area contributed by atoms with Crippen LogP contribution in [0, 0.1) is 11.8 Å². The van der Waals surface area contributed by atoms with Gasteiger partial charge in [-0.2, -0.15) is 0 Å². The van der Waals surface area contributed by atoms with Gasteiger partial charge in [-0.3, -0.25) is 4.79 Å². The van der Waals surface area contributed by atoms with Gasteiger partial charge in [0.05, 0.1) is 18.6 Å². The van der Waals surface area contributed by atoms with Crippen molar-refractivity contribution in [3.8, 4) is 0 Å². The van der Waals surface area contributed by atoms with E-state index in [2.05, 4.69) is 13.8 Å². The topological polar surface area (TPSA) is 46.5 Å². The Balaban J connectivity index is 2.26. The smallest absolute Gasteiger partial charge is 0.311 e. The van der Waals surface area contributed by atoms with Crippen molar-refractivity contribution in [2.24, 2.45) is 11.8 Å². The average molecular weight is 214 g/mol. The highest BCUT2D eigenvalue weighted by Crippen LogP contribution is 2.25. The third-order valence-electron chi connectivity index (χ3n) is 2.97. The molecule has 0 aromatic carbocycles. The van der Waals surface area contributed by atoms with E-state index in [0.29, 0.717) is 12.5 Å². The van der Waals surface area contributed by atoms with Gasteiger partial charge in [-0.1, -0.05) is 26.7 Å². The molecule has 0 heterocycles. The molecule has 88 valence electrons. The SMILES string of the molecule is CC(C)CCOC(=O)[C@@H]1CCCC[C@H]1O. The van der Waals surface area contributed by atoms with Crippen molar-refractivity contribution in [2.45, 2.75) is 52.1 Å². The maximum absolute atomic E-state index is 11.6. The van der Waals surface area contributed by atoms with E-state index in [1.807, 2.05) is 0 Å². The molecule has 0 aromatic heterocycles. The van der Waals surface area contributed by atoms with Gasteiger partial charge in [0.1, 0.15) is 0 Å². The summed E-state index contributed by atoms with van der Waals surface area (Å²) in [5, 5.41) is 9.65. The summed E-state index contributed by atoms with van der Waals surface area (Å²) in [5.74, 6) is 0.0721. The molecule has 1 N–H and O–H groups in total. The first-order valence-electron chi connectivity index (χ1n) is 5.96. The van der Waals surface area contributed by atoms with Crippen LogP contribution in [-0.2, 0) is 9.53 Å². The van der Waals surface area contributed by atoms with Crippen molar-refractivity contribution in [3.05, 3.63) is 0 Å². The molecule has 1 fully saturated rings. The summed E-state index contributed by atoms with van der Waals surface area (Å²) >= 11 is 0. The molecule has 3 heteroatoms. The normalized spacial score (nSPS) is 26.7. The molecule has 15 heavy (non-hydrogen) atoms. The highest BCUT2D eigenvalue weighted by molar-refractivity contribution is 5.73. The van der Waals surface area contributed by atoms with Crippen LogP contribution in [0.3, 0.4) is 0 Å². The van der Waals surface area contributed by atoms with Gasteiger partial charge in [-0.15, -0.1) is 0 Å². The van der Waals surface area contributed by atoms with E-state index < -0.39 is 6.10 Å². The Labute approximate surface area is 91.8 Å². The second kappa shape index (κ2) is 6.11. The van der Waals surface area contributed by atoms with Gasteiger partial charge in [0.25, 0.3) is 0 Å². The van der Waals surface area contributed by atoms with Crippen molar-refractivity contribution in [1.82, 2.24) is 0 Å². The summed E-state index contributed by atoms with van der Waals surface area (Å²) in [6, 6.07) is 0. The second-order valence-corrected chi connectivity index (χ2v) is 4.81. The van der Waals surface area contributed by atoms with Crippen LogP contribution in [0.5, 0.6) is 0 Å². The summed E-state index contributed by atoms with van der Waals surface area (Å²) in [6.45, 7) is 4.69. The molecule has 0 aliphatic heterocycles. The lowest BCUT2D eigenvalue weighted by Crippen LogP contribution is -2.32. The third-order valence-corrected chi connectivity index (χ3v) is 2.97. The first kappa shape index (κ1) is 12.5. The average Bonchev–Trinajstić information content (AvgIpc) is 2.17. The fourth-order valence-electron chi connectivity index (χ4n) is 1.89. The van der Waals surface area contributed by atoms with Gasteiger partial charge in [0, 0.05) is 0 Å². The molecular formula is C12H22O3. The van der Waals surface area contributed by atoms with Gasteiger partial charge >= 0.3 is 5.97 Å². The van der Waals surface area contributed by atoms with Gasteiger partial charge in [-0.25, -0.2) is 0 Å². The number of esters is 1. The zero-order valence-electron chi connectivity index (χ0n) is 9.74. The third kappa shape index (κ3) is 4.20. The summed E-state index contributed by atoms with van der Waals surface area (Å²) < 4.78 is 5.16. The van der Waals surface area contributed by atoms with Crippen molar-refractivity contribution < 1.29 is 14.6 Å². The summed E-state index contributed by atoms with van der Waals surface area (Å²) in [6.07, 6.45) is 3.99. The molecule has 0 aromatic rings. The zero-order chi connectivity index (χ0) is 11.3. The fourth-order valence-corrected chi connectivity index (χ4v) is 1.89. The van der Waals surface area contributed by atoms with E-state index in [0.717, 1.165) is 32.1 Å². The first-order valence-corrected chi connectivity index (χ1v) is 5.96. The number of carbonyl (C=O) groups is 1. The van der Waals surface area contributed by atoms with Gasteiger partial charge in [-0.05, 0) is 25.2 Å². The number of rotatable bonds is 4. The molecule has 0 bridgehead atoms. The van der Waals surface area contributed by atoms with Crippen molar-refractivity contribution in [1.29, 1.82) is 0 Å². The number of hydrogen-bond acceptors (Lipinski definition) is 3. The highest BCUT2D eigenvalue weighted by Gasteiger charge is 2.30. The molecule has 0 amide bonds. The minimum absolute atomic E-state index is 0.206. The molecule has 1 aliphatic rings. The van der Waals surface area contributed by atoms with E-state index >= 15 is 0 Å². The summed E-state index contributed by atoms with van der Waals surface area (Å²) in [7, 11) is 0. The molecule has 0 radical (unpaired) electrons. The Bertz CT molecular complexity index is 201. The molecule has 2 atom stereocenters. The van der Waals surface area contributed by atoms with Crippen LogP contribution >= 0.6 is 0 Å². The van der Waals surface area contributed by atoms with E-state index in [1.165, 1.54) is 0 Å². The monoisotopic (exact) mass is 214 g/mol. The van der Waals surface area contributed by atoms with Crippen LogP contribution < -0.4 is 0 Å². The fraction of sp³-hybridized carbons (Fsp3) is 0.917. The predicted octanol–water partition coefficient (Wildman–Crippen LogP) is 2.13. The number of ether oxygens (including phenoxy) is 1. The van der Waals surface area contributed by atoms with E-state index in [9.17, 15) is 9.90 Å². The molecule has 1 rings (SSSR count). The number of aliphatic hydroxyl groups is 1. The maximum atomic E-state index is 11.6. The summed E-state index contributed by atoms with van der Waals surface area (Å²) in [5.41, 5.74) is 0. The lowest BCUT2D eigenvalue weighted by molar-refractivity contribution is -0.154. The van der Waals surface area contributed by atoms with Gasteiger partial charge < -0.3 is 9.84 Å². The Kier molecular flexibility index (Phi) is 5.09. The van der Waals surface area contributed by atoms with Crippen LogP contribution in [0.2, 0.25) is 0 Å². The Hall–Kier alpha value is -0.570. The van der Waals surface area contributed by atoms with Gasteiger partial charge in [0.15, 0.2) is 0 Å². The number of carbonyl (C=O) groups excluding carboxylic acids is 1. The van der Waals surface area contributed by atoms with E-state index in [4.69, 9.17) is 4.74 Å². The van der Waals surface area contributed by atoms with Crippen molar-refractivity contribution >= 4 is 5.97 Å². The van der Waals surface area contributed by atoms with Crippen LogP contribution in [0.25, 0.3) is 0 Å². The lowest BCUT2D eigenvalue weighted by atomic mass is 9.87. The lowest BCUT2D eigenvalue weighted by Gasteiger charge is -2.25. The highest BCUT2D eigenvalue weighted by atomic mass is 16.5. The minimum atomic E-state index is -0.481. The van der Waals surface area contributed by atoms with Crippen LogP contribution in [0.4, 0.5) is 0 Å². The second-order valence-electron chi connectivity index (χ2n) is 4.81. The molecule has 0 spiro atoms. The van der Waals surface area contributed by atoms with E-state index in [-0.39, 0.29) is 11.9 Å². The molecule has 0 unspecified atom stereocenters. The molecule has 3 nitrogen and oxygen atoms in total. The number of aliphatic hydroxyl groups excluding tert-OH is 1. The minimum Gasteiger partial charge on any atom is -0.465 e. The summed E-state index contributed by atoms with van der Waals surface area (Å²) in [4.78, 5) is 11.6. The van der Waals surface area contributed by atoms with Crippen LogP contribution in [0.1, 0.15) is 46.0 Å². The Morgan fingerprint density at radius 3 is 2.67 bits per heavy atom. The molecule has 0 saturated heterocycles. The van der Waals surface area contributed by atoms with Crippen LogP contribution in [0.15, 0.2) is 0 Å². The predicted molar refractivity (Wildman–Crippen MR) is 58.4 cm³/mol. The molecule has 1 saturated carbocycles. The van der Waals surface area contributed by atoms with Gasteiger partial charge in [0.2, 0.25) is 0 Å². The molecule has 1 aliphatic carbocycles. The first-order chi connectivity index (χ1) is 7.11. The Morgan fingerprint density at radius 2 is 2.07 bits per heavy atom. The maximum Gasteiger partial charge on any atom is 0.311 e. The standard InChI is InChI=1S/C12H22O3/c1-9(2)7-8-15-12(14)10-5-3-4-6-11(10)13/h9-11,13H,3-8H2,1-2H3/t10-,11-/m1/s1. The van der Waals surface area contributed by atoms with Crippen molar-refractivity contribution in [2.75, 3.05) is 6.61 Å². The number of hydrogen-bond donors (Lipinski definition) is 1. The van der Waals surface area contributed by atoms with Crippen LogP contribution in [-0.4, -0.2) is 23.8 Å². The molecular weight excluding hydrogens is 192 g/mol.